The van der Waals surface area contributed by atoms with Crippen molar-refractivity contribution in [1.82, 2.24) is 14.9 Å². The highest BCUT2D eigenvalue weighted by molar-refractivity contribution is 5.15. The van der Waals surface area contributed by atoms with Gasteiger partial charge in [-0.2, -0.15) is 0 Å². The summed E-state index contributed by atoms with van der Waals surface area (Å²) in [7, 11) is 2.15. The van der Waals surface area contributed by atoms with Crippen LogP contribution in [0.4, 0.5) is 0 Å². The van der Waals surface area contributed by atoms with Gasteiger partial charge in [-0.05, 0) is 39.4 Å². The van der Waals surface area contributed by atoms with Crippen LogP contribution in [0.2, 0.25) is 0 Å². The number of hydrogen-bond acceptors (Lipinski definition) is 4. The number of aliphatic hydroxyl groups is 1. The van der Waals surface area contributed by atoms with Crippen molar-refractivity contribution in [3.05, 3.63) is 23.3 Å². The van der Waals surface area contributed by atoms with Gasteiger partial charge in [0.15, 0.2) is 5.82 Å². The standard InChI is InChI=1S/C12H19N3O/c1-9-6-11(14-12(8-16)13-9)10-4-3-5-15(2)7-10/h6,10,16H,3-5,7-8H2,1-2H3. The van der Waals surface area contributed by atoms with Gasteiger partial charge < -0.3 is 10.0 Å². The summed E-state index contributed by atoms with van der Waals surface area (Å²) in [6.07, 6.45) is 2.41. The van der Waals surface area contributed by atoms with Crippen molar-refractivity contribution in [2.45, 2.75) is 32.3 Å². The third-order valence-corrected chi connectivity index (χ3v) is 3.10. The number of rotatable bonds is 2. The van der Waals surface area contributed by atoms with Crippen molar-refractivity contribution in [3.63, 3.8) is 0 Å². The Bertz CT molecular complexity index is 367. The lowest BCUT2D eigenvalue weighted by atomic mass is 9.94. The fourth-order valence-corrected chi connectivity index (χ4v) is 2.34. The van der Waals surface area contributed by atoms with Crippen LogP contribution >= 0.6 is 0 Å². The van der Waals surface area contributed by atoms with E-state index in [1.807, 2.05) is 13.0 Å². The molecule has 1 atom stereocenters. The molecule has 4 heteroatoms. The van der Waals surface area contributed by atoms with E-state index in [4.69, 9.17) is 5.11 Å². The van der Waals surface area contributed by atoms with Gasteiger partial charge in [0.2, 0.25) is 0 Å². The lowest BCUT2D eigenvalue weighted by molar-refractivity contribution is 0.245. The van der Waals surface area contributed by atoms with E-state index in [-0.39, 0.29) is 6.61 Å². The van der Waals surface area contributed by atoms with Crippen molar-refractivity contribution in [2.24, 2.45) is 0 Å². The van der Waals surface area contributed by atoms with E-state index in [9.17, 15) is 0 Å². The van der Waals surface area contributed by atoms with E-state index < -0.39 is 0 Å². The minimum absolute atomic E-state index is 0.0722. The summed E-state index contributed by atoms with van der Waals surface area (Å²) in [5, 5.41) is 9.10. The zero-order valence-electron chi connectivity index (χ0n) is 9.98. The average molecular weight is 221 g/mol. The monoisotopic (exact) mass is 221 g/mol. The molecule has 4 nitrogen and oxygen atoms in total. The van der Waals surface area contributed by atoms with Crippen molar-refractivity contribution in [3.8, 4) is 0 Å². The summed E-state index contributed by atoms with van der Waals surface area (Å²) in [5.41, 5.74) is 2.03. The largest absolute Gasteiger partial charge is 0.388 e. The van der Waals surface area contributed by atoms with Gasteiger partial charge in [0.25, 0.3) is 0 Å². The van der Waals surface area contributed by atoms with Gasteiger partial charge in [-0.25, -0.2) is 9.97 Å². The van der Waals surface area contributed by atoms with Crippen LogP contribution in [-0.2, 0) is 6.61 Å². The minimum atomic E-state index is -0.0722. The van der Waals surface area contributed by atoms with Crippen LogP contribution < -0.4 is 0 Å². The summed E-state index contributed by atoms with van der Waals surface area (Å²) in [6, 6.07) is 2.04. The second kappa shape index (κ2) is 4.89. The second-order valence-electron chi connectivity index (χ2n) is 4.61. The number of piperidine rings is 1. The molecule has 1 aromatic rings. The Morgan fingerprint density at radius 1 is 1.50 bits per heavy atom. The second-order valence-corrected chi connectivity index (χ2v) is 4.61. The summed E-state index contributed by atoms with van der Waals surface area (Å²) >= 11 is 0. The number of nitrogens with zero attached hydrogens (tertiary/aromatic N) is 3. The fourth-order valence-electron chi connectivity index (χ4n) is 2.34. The molecule has 1 aliphatic heterocycles. The molecule has 1 fully saturated rings. The van der Waals surface area contributed by atoms with E-state index in [1.165, 1.54) is 19.4 Å². The van der Waals surface area contributed by atoms with Gasteiger partial charge in [-0.1, -0.05) is 0 Å². The molecule has 0 spiro atoms. The van der Waals surface area contributed by atoms with Gasteiger partial charge in [0, 0.05) is 23.9 Å². The summed E-state index contributed by atoms with van der Waals surface area (Å²) in [6.45, 7) is 4.11. The van der Waals surface area contributed by atoms with Crippen LogP contribution in [0.1, 0.15) is 36.0 Å². The zero-order chi connectivity index (χ0) is 11.5. The molecule has 2 heterocycles. The first-order valence-electron chi connectivity index (χ1n) is 5.83. The van der Waals surface area contributed by atoms with Crippen LogP contribution in [0.5, 0.6) is 0 Å². The number of aromatic nitrogens is 2. The van der Waals surface area contributed by atoms with Crippen LogP contribution in [-0.4, -0.2) is 40.1 Å². The van der Waals surface area contributed by atoms with Crippen molar-refractivity contribution in [2.75, 3.05) is 20.1 Å². The summed E-state index contributed by atoms with van der Waals surface area (Å²) in [4.78, 5) is 11.0. The Labute approximate surface area is 96.3 Å². The van der Waals surface area contributed by atoms with Crippen molar-refractivity contribution in [1.29, 1.82) is 0 Å². The number of likely N-dealkylation sites (tertiary alicyclic amines) is 1. The highest BCUT2D eigenvalue weighted by Gasteiger charge is 2.20. The topological polar surface area (TPSA) is 49.2 Å². The molecule has 1 saturated heterocycles. The van der Waals surface area contributed by atoms with Gasteiger partial charge in [0.1, 0.15) is 6.61 Å². The Morgan fingerprint density at radius 3 is 3.00 bits per heavy atom. The predicted octanol–water partition coefficient (Wildman–Crippen LogP) is 1.09. The first kappa shape index (κ1) is 11.5. The molecule has 16 heavy (non-hydrogen) atoms. The van der Waals surface area contributed by atoms with Crippen molar-refractivity contribution < 1.29 is 5.11 Å². The highest BCUT2D eigenvalue weighted by Crippen LogP contribution is 2.25. The molecule has 88 valence electrons. The molecule has 1 aliphatic rings. The van der Waals surface area contributed by atoms with E-state index in [0.717, 1.165) is 17.9 Å². The molecular formula is C12H19N3O. The molecule has 2 rings (SSSR count). The number of hydrogen-bond donors (Lipinski definition) is 1. The highest BCUT2D eigenvalue weighted by atomic mass is 16.3. The smallest absolute Gasteiger partial charge is 0.154 e. The Balaban J connectivity index is 2.21. The third-order valence-electron chi connectivity index (χ3n) is 3.10. The van der Waals surface area contributed by atoms with Crippen molar-refractivity contribution >= 4 is 0 Å². The van der Waals surface area contributed by atoms with Crippen LogP contribution in [0.15, 0.2) is 6.07 Å². The van der Waals surface area contributed by atoms with Crippen LogP contribution in [0.3, 0.4) is 0 Å². The molecule has 0 saturated carbocycles. The molecule has 0 bridgehead atoms. The minimum Gasteiger partial charge on any atom is -0.388 e. The van der Waals surface area contributed by atoms with Gasteiger partial charge in [0.05, 0.1) is 0 Å². The summed E-state index contributed by atoms with van der Waals surface area (Å²) in [5.74, 6) is 1.04. The first-order chi connectivity index (χ1) is 7.69. The fraction of sp³-hybridized carbons (Fsp3) is 0.667. The maximum absolute atomic E-state index is 9.10. The molecule has 1 N–H and O–H groups in total. The lowest BCUT2D eigenvalue weighted by Crippen LogP contribution is -2.31. The number of aryl methyl sites for hydroxylation is 1. The third kappa shape index (κ3) is 2.57. The first-order valence-corrected chi connectivity index (χ1v) is 5.83. The Morgan fingerprint density at radius 2 is 2.31 bits per heavy atom. The van der Waals surface area contributed by atoms with E-state index in [1.54, 1.807) is 0 Å². The SMILES string of the molecule is Cc1cc(C2CCCN(C)C2)nc(CO)n1. The molecule has 1 aromatic heterocycles. The van der Waals surface area contributed by atoms with Gasteiger partial charge >= 0.3 is 0 Å². The number of likely N-dealkylation sites (N-methyl/N-ethyl adjacent to an activating group) is 1. The zero-order valence-corrected chi connectivity index (χ0v) is 9.98. The normalized spacial score (nSPS) is 22.3. The van der Waals surface area contributed by atoms with Crippen LogP contribution in [0.25, 0.3) is 0 Å². The molecular weight excluding hydrogens is 202 g/mol. The quantitative estimate of drug-likeness (QED) is 0.812. The molecule has 0 aromatic carbocycles. The lowest BCUT2D eigenvalue weighted by Gasteiger charge is -2.29. The predicted molar refractivity (Wildman–Crippen MR) is 62.2 cm³/mol. The van der Waals surface area contributed by atoms with Crippen LogP contribution in [0, 0.1) is 6.92 Å². The van der Waals surface area contributed by atoms with E-state index >= 15 is 0 Å². The molecule has 0 aliphatic carbocycles. The van der Waals surface area contributed by atoms with E-state index in [0.29, 0.717) is 11.7 Å². The van der Waals surface area contributed by atoms with Gasteiger partial charge in [-0.3, -0.25) is 0 Å². The molecule has 1 unspecified atom stereocenters. The maximum Gasteiger partial charge on any atom is 0.154 e. The number of aliphatic hydroxyl groups excluding tert-OH is 1. The maximum atomic E-state index is 9.10. The Hall–Kier alpha value is -1.00. The molecule has 0 amide bonds. The summed E-state index contributed by atoms with van der Waals surface area (Å²) < 4.78 is 0. The average Bonchev–Trinajstić information content (AvgIpc) is 2.28. The van der Waals surface area contributed by atoms with Gasteiger partial charge in [-0.15, -0.1) is 0 Å². The Kier molecular flexibility index (Phi) is 3.51. The van der Waals surface area contributed by atoms with E-state index in [2.05, 4.69) is 21.9 Å². The molecule has 0 radical (unpaired) electrons.